The topological polar surface area (TPSA) is 95.9 Å². The van der Waals surface area contributed by atoms with Gasteiger partial charge < -0.3 is 20.3 Å². The summed E-state index contributed by atoms with van der Waals surface area (Å²) in [5, 5.41) is 23.3. The van der Waals surface area contributed by atoms with Crippen molar-refractivity contribution >= 4 is 11.9 Å². The summed E-state index contributed by atoms with van der Waals surface area (Å²) in [4.78, 5) is 24.5. The van der Waals surface area contributed by atoms with E-state index in [2.05, 4.69) is 43.5 Å². The lowest BCUT2D eigenvalue weighted by atomic mass is 10.0. The molecule has 384 valence electrons. The van der Waals surface area contributed by atoms with Crippen molar-refractivity contribution in [3.8, 4) is 0 Å². The Bertz CT molecular complexity index is 1010. The second-order valence-electron chi connectivity index (χ2n) is 20.0. The smallest absolute Gasteiger partial charge is 0.305 e. The molecule has 2 atom stereocenters. The summed E-state index contributed by atoms with van der Waals surface area (Å²) in [7, 11) is 0. The molecule has 65 heavy (non-hydrogen) atoms. The SMILES string of the molecule is CCCCCCC/C=C\CCCCCCCC(=O)OCCCC/C=C\CCCCCCC(=O)NC(CO)C(O)CCCCCCCCCCCCCCCCCCCCCCCCCC. The van der Waals surface area contributed by atoms with E-state index in [9.17, 15) is 19.8 Å². The maximum Gasteiger partial charge on any atom is 0.305 e. The fourth-order valence-electron chi connectivity index (χ4n) is 8.98. The number of nitrogens with one attached hydrogen (secondary N) is 1. The van der Waals surface area contributed by atoms with Gasteiger partial charge in [0.1, 0.15) is 0 Å². The van der Waals surface area contributed by atoms with Crippen LogP contribution in [0.5, 0.6) is 0 Å². The van der Waals surface area contributed by atoms with Gasteiger partial charge in [-0.05, 0) is 77.0 Å². The molecule has 0 fully saturated rings. The molecule has 2 unspecified atom stereocenters. The van der Waals surface area contributed by atoms with Crippen LogP contribution in [-0.2, 0) is 14.3 Å². The Morgan fingerprint density at radius 1 is 0.415 bits per heavy atom. The number of aliphatic hydroxyl groups excluding tert-OH is 2. The van der Waals surface area contributed by atoms with Crippen molar-refractivity contribution in [2.45, 2.75) is 328 Å². The minimum absolute atomic E-state index is 0.0440. The third-order valence-electron chi connectivity index (χ3n) is 13.5. The van der Waals surface area contributed by atoms with Crippen molar-refractivity contribution < 1.29 is 24.5 Å². The van der Waals surface area contributed by atoms with Crippen LogP contribution in [0.25, 0.3) is 0 Å². The van der Waals surface area contributed by atoms with Crippen LogP contribution >= 0.6 is 0 Å². The van der Waals surface area contributed by atoms with Crippen molar-refractivity contribution in [3.05, 3.63) is 24.3 Å². The molecule has 0 saturated heterocycles. The maximum absolute atomic E-state index is 12.5. The van der Waals surface area contributed by atoms with E-state index in [-0.39, 0.29) is 18.5 Å². The zero-order valence-corrected chi connectivity index (χ0v) is 43.7. The molecule has 0 rings (SSSR count). The Hall–Kier alpha value is -1.66. The van der Waals surface area contributed by atoms with Crippen LogP contribution < -0.4 is 5.32 Å². The van der Waals surface area contributed by atoms with Crippen molar-refractivity contribution in [2.24, 2.45) is 0 Å². The number of unbranched alkanes of at least 4 members (excludes halogenated alkanes) is 39. The summed E-state index contributed by atoms with van der Waals surface area (Å²) in [6, 6.07) is -0.568. The molecule has 0 spiro atoms. The molecule has 0 bridgehead atoms. The number of hydrogen-bond donors (Lipinski definition) is 3. The van der Waals surface area contributed by atoms with Crippen LogP contribution in [-0.4, -0.2) is 47.4 Å². The number of esters is 1. The lowest BCUT2D eigenvalue weighted by Gasteiger charge is -2.22. The molecule has 0 radical (unpaired) electrons. The molecule has 0 aromatic carbocycles. The predicted molar refractivity (Wildman–Crippen MR) is 283 cm³/mol. The fourth-order valence-corrected chi connectivity index (χ4v) is 8.98. The van der Waals surface area contributed by atoms with E-state index in [4.69, 9.17) is 4.74 Å². The highest BCUT2D eigenvalue weighted by molar-refractivity contribution is 5.76. The van der Waals surface area contributed by atoms with Crippen molar-refractivity contribution in [2.75, 3.05) is 13.2 Å². The molecule has 3 N–H and O–H groups in total. The first-order chi connectivity index (χ1) is 32.0. The average Bonchev–Trinajstić information content (AvgIpc) is 3.31. The third-order valence-corrected chi connectivity index (χ3v) is 13.5. The van der Waals surface area contributed by atoms with E-state index < -0.39 is 12.1 Å². The lowest BCUT2D eigenvalue weighted by molar-refractivity contribution is -0.143. The highest BCUT2D eigenvalue weighted by atomic mass is 16.5. The van der Waals surface area contributed by atoms with Gasteiger partial charge in [-0.1, -0.05) is 250 Å². The molecule has 0 aliphatic rings. The fraction of sp³-hybridized carbons (Fsp3) is 0.898. The van der Waals surface area contributed by atoms with Gasteiger partial charge in [0.15, 0.2) is 0 Å². The molecule has 0 aromatic rings. The van der Waals surface area contributed by atoms with Crippen molar-refractivity contribution in [1.82, 2.24) is 5.32 Å². The van der Waals surface area contributed by atoms with Gasteiger partial charge in [-0.2, -0.15) is 0 Å². The number of aliphatic hydroxyl groups is 2. The van der Waals surface area contributed by atoms with Crippen LogP contribution in [0.2, 0.25) is 0 Å². The minimum Gasteiger partial charge on any atom is -0.466 e. The number of amides is 1. The first-order valence-electron chi connectivity index (χ1n) is 29.1. The van der Waals surface area contributed by atoms with E-state index in [0.717, 1.165) is 77.0 Å². The highest BCUT2D eigenvalue weighted by Gasteiger charge is 2.20. The Kier molecular flexibility index (Phi) is 53.5. The first-order valence-corrected chi connectivity index (χ1v) is 29.1. The van der Waals surface area contributed by atoms with Gasteiger partial charge >= 0.3 is 5.97 Å². The number of hydrogen-bond acceptors (Lipinski definition) is 5. The number of allylic oxidation sites excluding steroid dienone is 4. The molecule has 0 saturated carbocycles. The first kappa shape index (κ1) is 63.3. The Morgan fingerprint density at radius 3 is 1.09 bits per heavy atom. The highest BCUT2D eigenvalue weighted by Crippen LogP contribution is 2.17. The molecule has 0 aliphatic heterocycles. The van der Waals surface area contributed by atoms with E-state index in [0.29, 0.717) is 25.9 Å². The summed E-state index contributed by atoms with van der Waals surface area (Å²) in [6.45, 7) is 4.87. The number of carbonyl (C=O) groups is 2. The summed E-state index contributed by atoms with van der Waals surface area (Å²) in [6.07, 6.45) is 66.0. The zero-order valence-electron chi connectivity index (χ0n) is 43.7. The lowest BCUT2D eigenvalue weighted by Crippen LogP contribution is -2.45. The van der Waals surface area contributed by atoms with Crippen molar-refractivity contribution in [1.29, 1.82) is 0 Å². The monoisotopic (exact) mass is 916 g/mol. The largest absolute Gasteiger partial charge is 0.466 e. The van der Waals surface area contributed by atoms with Crippen LogP contribution in [0.4, 0.5) is 0 Å². The van der Waals surface area contributed by atoms with Crippen LogP contribution in [0, 0.1) is 0 Å². The van der Waals surface area contributed by atoms with Gasteiger partial charge in [0.25, 0.3) is 0 Å². The molecule has 0 heterocycles. The van der Waals surface area contributed by atoms with Gasteiger partial charge in [0, 0.05) is 12.8 Å². The molecule has 6 nitrogen and oxygen atoms in total. The van der Waals surface area contributed by atoms with Crippen molar-refractivity contribution in [3.63, 3.8) is 0 Å². The molecule has 6 heteroatoms. The predicted octanol–water partition coefficient (Wildman–Crippen LogP) is 17.9. The van der Waals surface area contributed by atoms with Crippen LogP contribution in [0.15, 0.2) is 24.3 Å². The molecular formula is C59H113NO5. The summed E-state index contributed by atoms with van der Waals surface area (Å²) < 4.78 is 5.43. The Labute approximate surface area is 405 Å². The van der Waals surface area contributed by atoms with Gasteiger partial charge in [-0.3, -0.25) is 9.59 Å². The number of ether oxygens (including phenoxy) is 1. The maximum atomic E-state index is 12.5. The zero-order chi connectivity index (χ0) is 47.2. The molecule has 1 amide bonds. The van der Waals surface area contributed by atoms with E-state index >= 15 is 0 Å². The van der Waals surface area contributed by atoms with Gasteiger partial charge in [-0.25, -0.2) is 0 Å². The molecular weight excluding hydrogens is 803 g/mol. The summed E-state index contributed by atoms with van der Waals surface area (Å²) in [5.41, 5.74) is 0. The average molecular weight is 917 g/mol. The second-order valence-corrected chi connectivity index (χ2v) is 20.0. The van der Waals surface area contributed by atoms with Crippen LogP contribution in [0.1, 0.15) is 316 Å². The number of carbonyl (C=O) groups excluding carboxylic acids is 2. The van der Waals surface area contributed by atoms with Gasteiger partial charge in [0.05, 0.1) is 25.4 Å². The standard InChI is InChI=1S/C59H113NO5/c1-3-5-7-9-11-13-15-17-19-20-21-22-23-24-25-26-27-28-29-31-35-39-43-47-51-57(62)56(55-61)60-58(63)52-48-44-40-36-33-34-38-42-46-50-54-65-59(64)53-49-45-41-37-32-30-18-16-14-12-10-8-6-4-2/h16,18,34,38,56-57,61-62H,3-15,17,19-33,35-37,39-55H2,1-2H3,(H,60,63)/b18-16-,38-34-. The normalized spacial score (nSPS) is 12.7. The minimum atomic E-state index is -0.687. The van der Waals surface area contributed by atoms with E-state index in [1.165, 1.54) is 205 Å². The molecule has 0 aromatic heterocycles. The summed E-state index contributed by atoms with van der Waals surface area (Å²) >= 11 is 0. The van der Waals surface area contributed by atoms with Gasteiger partial charge in [0.2, 0.25) is 5.91 Å². The number of rotatable bonds is 54. The van der Waals surface area contributed by atoms with E-state index in [1.54, 1.807) is 0 Å². The van der Waals surface area contributed by atoms with E-state index in [1.807, 2.05) is 0 Å². The van der Waals surface area contributed by atoms with Crippen LogP contribution in [0.3, 0.4) is 0 Å². The molecule has 0 aliphatic carbocycles. The Morgan fingerprint density at radius 2 is 0.723 bits per heavy atom. The third kappa shape index (κ3) is 51.6. The summed E-state index contributed by atoms with van der Waals surface area (Å²) in [5.74, 6) is -0.112. The quantitative estimate of drug-likeness (QED) is 0.0321. The Balaban J connectivity index is 3.50. The van der Waals surface area contributed by atoms with Gasteiger partial charge in [-0.15, -0.1) is 0 Å². The second kappa shape index (κ2) is 54.9.